The van der Waals surface area contributed by atoms with Gasteiger partial charge in [0.1, 0.15) is 5.54 Å². The lowest BCUT2D eigenvalue weighted by Gasteiger charge is -2.27. The molecule has 0 bridgehead atoms. The highest BCUT2D eigenvalue weighted by Gasteiger charge is 2.36. The van der Waals surface area contributed by atoms with E-state index in [0.717, 1.165) is 19.5 Å². The zero-order valence-electron chi connectivity index (χ0n) is 9.86. The Morgan fingerprint density at radius 3 is 2.67 bits per heavy atom. The minimum Gasteiger partial charge on any atom is -0.394 e. The second-order valence-corrected chi connectivity index (χ2v) is 5.12. The van der Waals surface area contributed by atoms with Crippen molar-refractivity contribution < 1.29 is 9.90 Å². The van der Waals surface area contributed by atoms with Crippen LogP contribution >= 0.6 is 0 Å². The average molecular weight is 214 g/mol. The third-order valence-electron chi connectivity index (χ3n) is 3.27. The van der Waals surface area contributed by atoms with Gasteiger partial charge in [-0.2, -0.15) is 0 Å². The van der Waals surface area contributed by atoms with Gasteiger partial charge in [-0.3, -0.25) is 4.79 Å². The van der Waals surface area contributed by atoms with Gasteiger partial charge in [-0.05, 0) is 25.2 Å². The van der Waals surface area contributed by atoms with E-state index < -0.39 is 5.54 Å². The maximum Gasteiger partial charge on any atom is 0.244 e. The van der Waals surface area contributed by atoms with E-state index >= 15 is 0 Å². The van der Waals surface area contributed by atoms with Gasteiger partial charge in [0.2, 0.25) is 5.91 Å². The second kappa shape index (κ2) is 4.49. The van der Waals surface area contributed by atoms with E-state index in [4.69, 9.17) is 10.8 Å². The summed E-state index contributed by atoms with van der Waals surface area (Å²) in [7, 11) is 0. The molecule has 0 saturated carbocycles. The lowest BCUT2D eigenvalue weighted by atomic mass is 9.95. The minimum atomic E-state index is -1.12. The van der Waals surface area contributed by atoms with Crippen molar-refractivity contribution in [3.63, 3.8) is 0 Å². The third kappa shape index (κ3) is 2.69. The highest BCUT2D eigenvalue weighted by Crippen LogP contribution is 2.24. The standard InChI is InChI=1S/C11H22N2O2/c1-8(2)9-4-5-13(6-9)10(15)11(3,12)7-14/h8-9,14H,4-7,12H2,1-3H3. The number of nitrogens with zero attached hydrogens (tertiary/aromatic N) is 1. The topological polar surface area (TPSA) is 66.6 Å². The van der Waals surface area contributed by atoms with Crippen molar-refractivity contribution in [3.8, 4) is 0 Å². The van der Waals surface area contributed by atoms with Crippen LogP contribution < -0.4 is 5.73 Å². The molecule has 15 heavy (non-hydrogen) atoms. The Hall–Kier alpha value is -0.610. The van der Waals surface area contributed by atoms with Crippen molar-refractivity contribution in [1.29, 1.82) is 0 Å². The quantitative estimate of drug-likeness (QED) is 0.705. The summed E-state index contributed by atoms with van der Waals surface area (Å²) in [6, 6.07) is 0. The SMILES string of the molecule is CC(C)C1CCN(C(=O)C(C)(N)CO)C1. The normalized spacial score (nSPS) is 25.7. The van der Waals surface area contributed by atoms with E-state index in [9.17, 15) is 4.79 Å². The van der Waals surface area contributed by atoms with Crippen LogP contribution in [0.15, 0.2) is 0 Å². The molecular weight excluding hydrogens is 192 g/mol. The number of aliphatic hydroxyl groups excluding tert-OH is 1. The fourth-order valence-corrected chi connectivity index (χ4v) is 1.94. The Labute approximate surface area is 91.4 Å². The molecule has 1 amide bonds. The Morgan fingerprint density at radius 2 is 2.27 bits per heavy atom. The number of hydrogen-bond acceptors (Lipinski definition) is 3. The van der Waals surface area contributed by atoms with Crippen LogP contribution in [0.25, 0.3) is 0 Å². The highest BCUT2D eigenvalue weighted by atomic mass is 16.3. The molecule has 3 N–H and O–H groups in total. The van der Waals surface area contributed by atoms with E-state index in [1.54, 1.807) is 11.8 Å². The molecule has 1 rings (SSSR count). The van der Waals surface area contributed by atoms with Crippen LogP contribution in [0.1, 0.15) is 27.2 Å². The lowest BCUT2D eigenvalue weighted by Crippen LogP contribution is -2.55. The number of carbonyl (C=O) groups excluding carboxylic acids is 1. The first-order valence-corrected chi connectivity index (χ1v) is 5.57. The van der Waals surface area contributed by atoms with Crippen LogP contribution in [0, 0.1) is 11.8 Å². The van der Waals surface area contributed by atoms with Crippen LogP contribution in [0.4, 0.5) is 0 Å². The summed E-state index contributed by atoms with van der Waals surface area (Å²) in [5.74, 6) is 1.04. The van der Waals surface area contributed by atoms with E-state index in [0.29, 0.717) is 11.8 Å². The zero-order chi connectivity index (χ0) is 11.6. The second-order valence-electron chi connectivity index (χ2n) is 5.12. The molecule has 2 unspecified atom stereocenters. The van der Waals surface area contributed by atoms with Gasteiger partial charge >= 0.3 is 0 Å². The van der Waals surface area contributed by atoms with Crippen LogP contribution in [-0.4, -0.2) is 41.1 Å². The molecule has 0 aromatic rings. The molecule has 1 fully saturated rings. The van der Waals surface area contributed by atoms with Crippen LogP contribution in [-0.2, 0) is 4.79 Å². The fraction of sp³-hybridized carbons (Fsp3) is 0.909. The predicted molar refractivity (Wildman–Crippen MR) is 59.2 cm³/mol. The van der Waals surface area contributed by atoms with Crippen molar-refractivity contribution in [3.05, 3.63) is 0 Å². The van der Waals surface area contributed by atoms with Crippen molar-refractivity contribution in [2.24, 2.45) is 17.6 Å². The Kier molecular flexibility index (Phi) is 3.73. The summed E-state index contributed by atoms with van der Waals surface area (Å²) in [5, 5.41) is 9.03. The number of aliphatic hydroxyl groups is 1. The predicted octanol–water partition coefficient (Wildman–Crippen LogP) is 0.201. The monoisotopic (exact) mass is 214 g/mol. The van der Waals surface area contributed by atoms with Gasteiger partial charge in [0, 0.05) is 13.1 Å². The molecule has 1 saturated heterocycles. The maximum absolute atomic E-state index is 11.9. The smallest absolute Gasteiger partial charge is 0.244 e. The molecule has 2 atom stereocenters. The van der Waals surface area contributed by atoms with Crippen molar-refractivity contribution >= 4 is 5.91 Å². The number of hydrogen-bond donors (Lipinski definition) is 2. The number of likely N-dealkylation sites (tertiary alicyclic amines) is 1. The molecular formula is C11H22N2O2. The first kappa shape index (κ1) is 12.5. The Bertz CT molecular complexity index is 239. The van der Waals surface area contributed by atoms with Gasteiger partial charge in [0.25, 0.3) is 0 Å². The number of carbonyl (C=O) groups is 1. The van der Waals surface area contributed by atoms with Crippen molar-refractivity contribution in [2.45, 2.75) is 32.7 Å². The zero-order valence-corrected chi connectivity index (χ0v) is 9.86. The lowest BCUT2D eigenvalue weighted by molar-refractivity contribution is -0.136. The average Bonchev–Trinajstić information content (AvgIpc) is 2.65. The molecule has 4 heteroatoms. The summed E-state index contributed by atoms with van der Waals surface area (Å²) < 4.78 is 0. The molecule has 88 valence electrons. The van der Waals surface area contributed by atoms with E-state index in [1.807, 2.05) is 0 Å². The van der Waals surface area contributed by atoms with Gasteiger partial charge in [-0.15, -0.1) is 0 Å². The van der Waals surface area contributed by atoms with Crippen LogP contribution in [0.5, 0.6) is 0 Å². The summed E-state index contributed by atoms with van der Waals surface area (Å²) in [4.78, 5) is 13.7. The summed E-state index contributed by atoms with van der Waals surface area (Å²) in [5.41, 5.74) is 4.60. The largest absolute Gasteiger partial charge is 0.394 e. The molecule has 4 nitrogen and oxygen atoms in total. The molecule has 1 aliphatic heterocycles. The summed E-state index contributed by atoms with van der Waals surface area (Å²) in [6.07, 6.45) is 1.05. The van der Waals surface area contributed by atoms with E-state index in [1.165, 1.54) is 0 Å². The minimum absolute atomic E-state index is 0.131. The van der Waals surface area contributed by atoms with Crippen molar-refractivity contribution in [1.82, 2.24) is 4.90 Å². The number of amides is 1. The van der Waals surface area contributed by atoms with E-state index in [2.05, 4.69) is 13.8 Å². The number of nitrogens with two attached hydrogens (primary N) is 1. The Morgan fingerprint density at radius 1 is 1.67 bits per heavy atom. The molecule has 1 aliphatic rings. The first-order chi connectivity index (χ1) is 6.88. The van der Waals surface area contributed by atoms with E-state index in [-0.39, 0.29) is 12.5 Å². The Balaban J connectivity index is 2.58. The molecule has 0 spiro atoms. The number of rotatable bonds is 3. The van der Waals surface area contributed by atoms with Crippen molar-refractivity contribution in [2.75, 3.05) is 19.7 Å². The van der Waals surface area contributed by atoms with Gasteiger partial charge in [-0.25, -0.2) is 0 Å². The first-order valence-electron chi connectivity index (χ1n) is 5.57. The molecule has 1 heterocycles. The van der Waals surface area contributed by atoms with Crippen LogP contribution in [0.3, 0.4) is 0 Å². The molecule has 0 aromatic carbocycles. The molecule has 0 aromatic heterocycles. The maximum atomic E-state index is 11.9. The van der Waals surface area contributed by atoms with Gasteiger partial charge < -0.3 is 15.7 Å². The fourth-order valence-electron chi connectivity index (χ4n) is 1.94. The molecule has 0 radical (unpaired) electrons. The van der Waals surface area contributed by atoms with Gasteiger partial charge in [0.05, 0.1) is 6.61 Å². The summed E-state index contributed by atoms with van der Waals surface area (Å²) >= 11 is 0. The third-order valence-corrected chi connectivity index (χ3v) is 3.27. The summed E-state index contributed by atoms with van der Waals surface area (Å²) in [6.45, 7) is 7.18. The highest BCUT2D eigenvalue weighted by molar-refractivity contribution is 5.86. The molecule has 0 aliphatic carbocycles. The van der Waals surface area contributed by atoms with Gasteiger partial charge in [0.15, 0.2) is 0 Å². The van der Waals surface area contributed by atoms with Gasteiger partial charge in [-0.1, -0.05) is 13.8 Å². The van der Waals surface area contributed by atoms with Crippen LogP contribution in [0.2, 0.25) is 0 Å².